The Morgan fingerprint density at radius 1 is 1.17 bits per heavy atom. The highest BCUT2D eigenvalue weighted by atomic mass is 35.5. The lowest BCUT2D eigenvalue weighted by molar-refractivity contribution is -0.122. The molecule has 3 aromatic rings. The number of hydrogen-bond acceptors (Lipinski definition) is 5. The molecular weight excluding hydrogens is 497 g/mol. The van der Waals surface area contributed by atoms with Crippen LogP contribution in [-0.4, -0.2) is 49.3 Å². The molecule has 36 heavy (non-hydrogen) atoms. The van der Waals surface area contributed by atoms with Gasteiger partial charge in [-0.1, -0.05) is 35.3 Å². The van der Waals surface area contributed by atoms with Crippen LogP contribution in [0.15, 0.2) is 54.7 Å². The average molecular weight is 528 g/mol. The van der Waals surface area contributed by atoms with E-state index >= 15 is 0 Å². The van der Waals surface area contributed by atoms with Crippen LogP contribution in [0.1, 0.15) is 32.3 Å². The second-order valence-corrected chi connectivity index (χ2v) is 10.5. The third-order valence-corrected chi connectivity index (χ3v) is 7.41. The van der Waals surface area contributed by atoms with E-state index in [1.54, 1.807) is 37.4 Å². The van der Waals surface area contributed by atoms with E-state index in [1.807, 2.05) is 50.2 Å². The largest absolute Gasteiger partial charge is 0.497 e. The van der Waals surface area contributed by atoms with Gasteiger partial charge < -0.3 is 19.6 Å². The van der Waals surface area contributed by atoms with E-state index < -0.39 is 5.41 Å². The Morgan fingerprint density at radius 2 is 1.89 bits per heavy atom. The van der Waals surface area contributed by atoms with Crippen LogP contribution in [-0.2, 0) is 10.2 Å². The third-order valence-electron chi connectivity index (χ3n) is 6.94. The van der Waals surface area contributed by atoms with E-state index in [0.29, 0.717) is 21.5 Å². The SMILES string of the molecule is COc1cc(Cl)cc(C(C)(C)C(=O)N(C)c2cnc(N3CCC[C@H]3CO)cc2-c2ccc(Cl)cc2)c1. The molecule has 4 rings (SSSR count). The van der Waals surface area contributed by atoms with Crippen molar-refractivity contribution in [1.29, 1.82) is 0 Å². The van der Waals surface area contributed by atoms with Gasteiger partial charge >= 0.3 is 0 Å². The van der Waals surface area contributed by atoms with Crippen molar-refractivity contribution in [3.8, 4) is 16.9 Å². The molecule has 1 atom stereocenters. The number of pyridine rings is 1. The average Bonchev–Trinajstić information content (AvgIpc) is 3.36. The number of benzene rings is 2. The van der Waals surface area contributed by atoms with Crippen molar-refractivity contribution in [2.45, 2.75) is 38.1 Å². The van der Waals surface area contributed by atoms with Gasteiger partial charge in [0.15, 0.2) is 0 Å². The maximum absolute atomic E-state index is 13.9. The lowest BCUT2D eigenvalue weighted by atomic mass is 9.83. The zero-order valence-corrected chi connectivity index (χ0v) is 22.5. The van der Waals surface area contributed by atoms with E-state index in [4.69, 9.17) is 32.9 Å². The van der Waals surface area contributed by atoms with Crippen LogP contribution in [0.4, 0.5) is 11.5 Å². The molecule has 1 saturated heterocycles. The van der Waals surface area contributed by atoms with Crippen LogP contribution in [0.5, 0.6) is 5.75 Å². The van der Waals surface area contributed by atoms with Crippen molar-refractivity contribution in [3.63, 3.8) is 0 Å². The number of aliphatic hydroxyl groups is 1. The number of nitrogens with zero attached hydrogens (tertiary/aromatic N) is 3. The van der Waals surface area contributed by atoms with Crippen LogP contribution in [0, 0.1) is 0 Å². The van der Waals surface area contributed by atoms with Gasteiger partial charge in [0.25, 0.3) is 0 Å². The van der Waals surface area contributed by atoms with Crippen molar-refractivity contribution in [3.05, 3.63) is 70.3 Å². The zero-order chi connectivity index (χ0) is 26.0. The Morgan fingerprint density at radius 3 is 2.56 bits per heavy atom. The molecule has 1 amide bonds. The summed E-state index contributed by atoms with van der Waals surface area (Å²) in [5.41, 5.74) is 2.31. The van der Waals surface area contributed by atoms with Gasteiger partial charge in [0.05, 0.1) is 37.1 Å². The smallest absolute Gasteiger partial charge is 0.236 e. The standard InChI is InChI=1S/C28H31Cl2N3O3/c1-28(2,19-12-21(30)14-23(13-19)36-4)27(35)32(3)25-16-31-26(33-11-5-6-22(33)17-34)15-24(25)18-7-9-20(29)10-8-18/h7-10,12-16,22,34H,5-6,11,17H2,1-4H3/t22-/m0/s1. The van der Waals surface area contributed by atoms with Gasteiger partial charge in [-0.15, -0.1) is 0 Å². The highest BCUT2D eigenvalue weighted by Gasteiger charge is 2.35. The topological polar surface area (TPSA) is 65.9 Å². The second-order valence-electron chi connectivity index (χ2n) is 9.61. The summed E-state index contributed by atoms with van der Waals surface area (Å²) in [6.45, 7) is 4.65. The second kappa shape index (κ2) is 10.7. The van der Waals surface area contributed by atoms with E-state index in [1.165, 1.54) is 0 Å². The summed E-state index contributed by atoms with van der Waals surface area (Å²) in [5.74, 6) is 1.25. The van der Waals surface area contributed by atoms with Gasteiger partial charge in [-0.25, -0.2) is 4.98 Å². The molecule has 0 unspecified atom stereocenters. The first-order valence-corrected chi connectivity index (χ1v) is 12.7. The maximum atomic E-state index is 13.9. The molecule has 2 heterocycles. The summed E-state index contributed by atoms with van der Waals surface area (Å²) in [4.78, 5) is 22.4. The summed E-state index contributed by atoms with van der Waals surface area (Å²) in [7, 11) is 3.33. The number of aromatic nitrogens is 1. The number of amides is 1. The molecule has 0 spiro atoms. The summed E-state index contributed by atoms with van der Waals surface area (Å²) in [6, 6.07) is 14.9. The molecule has 190 valence electrons. The molecule has 0 radical (unpaired) electrons. The lowest BCUT2D eigenvalue weighted by Crippen LogP contribution is -2.42. The van der Waals surface area contributed by atoms with Gasteiger partial charge in [0.2, 0.25) is 5.91 Å². The van der Waals surface area contributed by atoms with E-state index in [0.717, 1.165) is 41.9 Å². The van der Waals surface area contributed by atoms with Crippen LogP contribution in [0.2, 0.25) is 10.0 Å². The molecule has 6 nitrogen and oxygen atoms in total. The normalized spacial score (nSPS) is 15.8. The van der Waals surface area contributed by atoms with Gasteiger partial charge in [0.1, 0.15) is 11.6 Å². The van der Waals surface area contributed by atoms with Crippen LogP contribution < -0.4 is 14.5 Å². The third kappa shape index (κ3) is 5.17. The Bertz CT molecular complexity index is 1250. The highest BCUT2D eigenvalue weighted by molar-refractivity contribution is 6.31. The van der Waals surface area contributed by atoms with Crippen LogP contribution in [0.25, 0.3) is 11.1 Å². The lowest BCUT2D eigenvalue weighted by Gasteiger charge is -2.32. The molecule has 2 aromatic carbocycles. The number of carbonyl (C=O) groups is 1. The molecule has 8 heteroatoms. The number of aliphatic hydroxyl groups excluding tert-OH is 1. The molecular formula is C28H31Cl2N3O3. The predicted molar refractivity (Wildman–Crippen MR) is 147 cm³/mol. The summed E-state index contributed by atoms with van der Waals surface area (Å²) in [5, 5.41) is 11.0. The van der Waals surface area contributed by atoms with E-state index in [2.05, 4.69) is 4.90 Å². The quantitative estimate of drug-likeness (QED) is 0.410. The first-order chi connectivity index (χ1) is 17.1. The Hall–Kier alpha value is -2.80. The number of hydrogen-bond donors (Lipinski definition) is 1. The number of methoxy groups -OCH3 is 1. The minimum Gasteiger partial charge on any atom is -0.497 e. The fourth-order valence-electron chi connectivity index (χ4n) is 4.74. The summed E-state index contributed by atoms with van der Waals surface area (Å²) < 4.78 is 5.37. The molecule has 1 aromatic heterocycles. The van der Waals surface area contributed by atoms with Crippen molar-refractivity contribution >= 4 is 40.6 Å². The van der Waals surface area contributed by atoms with Gasteiger partial charge in [-0.2, -0.15) is 0 Å². The van der Waals surface area contributed by atoms with Crippen LogP contribution >= 0.6 is 23.2 Å². The van der Waals surface area contributed by atoms with E-state index in [-0.39, 0.29) is 18.6 Å². The monoisotopic (exact) mass is 527 g/mol. The number of anilines is 2. The number of halogens is 2. The fourth-order valence-corrected chi connectivity index (χ4v) is 5.09. The Labute approximate surface area is 222 Å². The maximum Gasteiger partial charge on any atom is 0.236 e. The molecule has 1 aliphatic rings. The molecule has 0 bridgehead atoms. The minimum absolute atomic E-state index is 0.0394. The number of ether oxygens (including phenoxy) is 1. The van der Waals surface area contributed by atoms with Gasteiger partial charge in [0, 0.05) is 29.2 Å². The Kier molecular flexibility index (Phi) is 7.79. The van der Waals surface area contributed by atoms with E-state index in [9.17, 15) is 9.90 Å². The number of rotatable bonds is 7. The van der Waals surface area contributed by atoms with Crippen molar-refractivity contribution in [1.82, 2.24) is 4.98 Å². The highest BCUT2D eigenvalue weighted by Crippen LogP contribution is 2.38. The first kappa shape index (κ1) is 26.3. The van der Waals surface area contributed by atoms with Gasteiger partial charge in [-0.3, -0.25) is 4.79 Å². The fraction of sp³-hybridized carbons (Fsp3) is 0.357. The molecule has 1 N–H and O–H groups in total. The first-order valence-electron chi connectivity index (χ1n) is 11.9. The van der Waals surface area contributed by atoms with Crippen molar-refractivity contribution < 1.29 is 14.6 Å². The minimum atomic E-state index is -0.889. The molecule has 1 aliphatic heterocycles. The number of carbonyl (C=O) groups excluding carboxylic acids is 1. The van der Waals surface area contributed by atoms with Crippen molar-refractivity contribution in [2.75, 3.05) is 37.1 Å². The molecule has 0 aliphatic carbocycles. The Balaban J connectivity index is 1.76. The summed E-state index contributed by atoms with van der Waals surface area (Å²) >= 11 is 12.5. The predicted octanol–water partition coefficient (Wildman–Crippen LogP) is 5.97. The van der Waals surface area contributed by atoms with Gasteiger partial charge in [-0.05, 0) is 74.2 Å². The zero-order valence-electron chi connectivity index (χ0n) is 21.0. The summed E-state index contributed by atoms with van der Waals surface area (Å²) in [6.07, 6.45) is 3.66. The van der Waals surface area contributed by atoms with Crippen molar-refractivity contribution in [2.24, 2.45) is 0 Å². The molecule has 1 fully saturated rings. The number of likely N-dealkylation sites (N-methyl/N-ethyl adjacent to an activating group) is 1. The van der Waals surface area contributed by atoms with Crippen LogP contribution in [0.3, 0.4) is 0 Å². The molecule has 0 saturated carbocycles.